The van der Waals surface area contributed by atoms with E-state index in [-0.39, 0.29) is 25.2 Å². The zero-order valence-electron chi connectivity index (χ0n) is 25.0. The van der Waals surface area contributed by atoms with Gasteiger partial charge in [-0.15, -0.1) is 0 Å². The average Bonchev–Trinajstić information content (AvgIpc) is 3.32. The molecule has 0 aromatic carbocycles. The summed E-state index contributed by atoms with van der Waals surface area (Å²) in [5, 5.41) is 0. The highest BCUT2D eigenvalue weighted by molar-refractivity contribution is 7.52. The Hall–Kier alpha value is -1.62. The van der Waals surface area contributed by atoms with E-state index in [0.29, 0.717) is 36.6 Å². The second kappa shape index (κ2) is 22.0. The normalized spacial score (nSPS) is 13.8. The number of nitrogens with zero attached hydrogens (tertiary/aromatic N) is 4. The van der Waals surface area contributed by atoms with Crippen LogP contribution in [0.15, 0.2) is 12.7 Å². The Bertz CT molecular complexity index is 947. The first-order valence-electron chi connectivity index (χ1n) is 15.0. The van der Waals surface area contributed by atoms with E-state index >= 15 is 0 Å². The lowest BCUT2D eigenvalue weighted by molar-refractivity contribution is 0.0708. The second-order valence-corrected chi connectivity index (χ2v) is 12.3. The van der Waals surface area contributed by atoms with Gasteiger partial charge in [-0.3, -0.25) is 4.57 Å². The van der Waals surface area contributed by atoms with Crippen LogP contribution in [0.2, 0.25) is 0 Å². The third kappa shape index (κ3) is 16.0. The molecule has 12 heteroatoms. The number of anilines is 1. The quantitative estimate of drug-likeness (QED) is 0.0811. The lowest BCUT2D eigenvalue weighted by atomic mass is 10.0. The summed E-state index contributed by atoms with van der Waals surface area (Å²) in [6.45, 7) is 6.13. The molecule has 2 aromatic heterocycles. The van der Waals surface area contributed by atoms with Gasteiger partial charge in [-0.25, -0.2) is 15.0 Å². The molecule has 232 valence electrons. The third-order valence-corrected chi connectivity index (χ3v) is 7.84. The predicted molar refractivity (Wildman–Crippen MR) is 162 cm³/mol. The lowest BCUT2D eigenvalue weighted by Gasteiger charge is -2.17. The van der Waals surface area contributed by atoms with Crippen molar-refractivity contribution in [1.29, 1.82) is 0 Å². The first-order valence-corrected chi connectivity index (χ1v) is 16.8. The van der Waals surface area contributed by atoms with Crippen molar-refractivity contribution in [3.8, 4) is 0 Å². The van der Waals surface area contributed by atoms with Crippen LogP contribution >= 0.6 is 7.60 Å². The number of rotatable bonds is 25. The molecule has 2 heterocycles. The predicted octanol–water partition coefficient (Wildman–Crippen LogP) is 7.02. The summed E-state index contributed by atoms with van der Waals surface area (Å²) >= 11 is 0. The maximum atomic E-state index is 12.3. The molecule has 0 aliphatic carbocycles. The van der Waals surface area contributed by atoms with Gasteiger partial charge in [0.25, 0.3) is 0 Å². The average molecular weight is 587 g/mol. The van der Waals surface area contributed by atoms with E-state index < -0.39 is 7.60 Å². The number of unbranched alkanes of at least 4 members (excludes halogenated alkanes) is 13. The highest BCUT2D eigenvalue weighted by Crippen LogP contribution is 2.42. The maximum absolute atomic E-state index is 12.3. The molecule has 2 rings (SSSR count). The second-order valence-electron chi connectivity index (χ2n) is 10.5. The Labute approximate surface area is 241 Å². The van der Waals surface area contributed by atoms with Crippen molar-refractivity contribution < 1.29 is 23.5 Å². The fraction of sp³-hybridized carbons (Fsp3) is 0.821. The Morgan fingerprint density at radius 3 is 2.05 bits per heavy atom. The Kier molecular flexibility index (Phi) is 20.1. The lowest BCUT2D eigenvalue weighted by Crippen LogP contribution is -2.17. The molecule has 2 atom stereocenters. The van der Waals surface area contributed by atoms with Gasteiger partial charge in [-0.1, -0.05) is 84.0 Å². The summed E-state index contributed by atoms with van der Waals surface area (Å²) in [6, 6.07) is 0. The number of nitrogen functional groups attached to an aromatic ring is 1. The van der Waals surface area contributed by atoms with Gasteiger partial charge in [-0.2, -0.15) is 0 Å². The maximum Gasteiger partial charge on any atom is 0.353 e. The van der Waals surface area contributed by atoms with Gasteiger partial charge in [0, 0.05) is 13.2 Å². The minimum atomic E-state index is -3.82. The molecular weight excluding hydrogens is 531 g/mol. The number of aromatic nitrogens is 4. The molecule has 0 saturated heterocycles. The highest BCUT2D eigenvalue weighted by Gasteiger charge is 2.21. The van der Waals surface area contributed by atoms with Crippen LogP contribution in [-0.2, 0) is 25.1 Å². The van der Waals surface area contributed by atoms with Crippen LogP contribution in [0.5, 0.6) is 0 Å². The molecular formula is C28H55N6O5P. The highest BCUT2D eigenvalue weighted by atomic mass is 31.2. The molecule has 0 radical (unpaired) electrons. The van der Waals surface area contributed by atoms with E-state index in [4.69, 9.17) is 19.7 Å². The fourth-order valence-electron chi connectivity index (χ4n) is 4.46. The van der Waals surface area contributed by atoms with Crippen LogP contribution in [-0.4, -0.2) is 56.7 Å². The van der Waals surface area contributed by atoms with Crippen LogP contribution in [0, 0.1) is 0 Å². The smallest absolute Gasteiger partial charge is 0.353 e. The Morgan fingerprint density at radius 1 is 0.875 bits per heavy atom. The molecule has 0 fully saturated rings. The first kappa shape index (κ1) is 36.4. The van der Waals surface area contributed by atoms with Crippen LogP contribution in [0.3, 0.4) is 0 Å². The largest absolute Gasteiger partial charge is 0.382 e. The van der Waals surface area contributed by atoms with Gasteiger partial charge in [0.05, 0.1) is 25.6 Å². The summed E-state index contributed by atoms with van der Waals surface area (Å²) in [5.74, 6) is 0.311. The number of fused-ring (bicyclic) bond motifs is 1. The molecule has 0 spiro atoms. The topological polar surface area (TPSA) is 170 Å². The van der Waals surface area contributed by atoms with E-state index in [0.717, 1.165) is 19.4 Å². The monoisotopic (exact) mass is 586 g/mol. The van der Waals surface area contributed by atoms with Crippen molar-refractivity contribution in [3.05, 3.63) is 12.7 Å². The first-order chi connectivity index (χ1) is 18.9. The van der Waals surface area contributed by atoms with E-state index in [2.05, 4.69) is 21.9 Å². The van der Waals surface area contributed by atoms with Gasteiger partial charge in [0.2, 0.25) is 0 Å². The summed E-state index contributed by atoms with van der Waals surface area (Å²) in [4.78, 5) is 22.4. The molecule has 0 bridgehead atoms. The van der Waals surface area contributed by atoms with Crippen molar-refractivity contribution in [1.82, 2.24) is 25.7 Å². The van der Waals surface area contributed by atoms with E-state index in [1.54, 1.807) is 10.9 Å². The summed E-state index contributed by atoms with van der Waals surface area (Å²) < 4.78 is 30.5. The van der Waals surface area contributed by atoms with E-state index in [1.807, 2.05) is 6.92 Å². The van der Waals surface area contributed by atoms with Crippen molar-refractivity contribution >= 4 is 24.6 Å². The number of hydrogen-bond donors (Lipinski definition) is 3. The van der Waals surface area contributed by atoms with Gasteiger partial charge >= 0.3 is 7.60 Å². The SMILES string of the molecule is CCCCCCCCCCCCCCCOCCCCOP(=O)(O)CO[C@H](C)Cn1cnc2c(N)ncnc21.N. The van der Waals surface area contributed by atoms with Gasteiger partial charge in [-0.05, 0) is 26.2 Å². The van der Waals surface area contributed by atoms with Crippen LogP contribution in [0.4, 0.5) is 5.82 Å². The third-order valence-electron chi connectivity index (χ3n) is 6.77. The minimum Gasteiger partial charge on any atom is -0.382 e. The number of hydrogen-bond acceptors (Lipinski definition) is 9. The van der Waals surface area contributed by atoms with Crippen LogP contribution in [0.1, 0.15) is 110 Å². The zero-order chi connectivity index (χ0) is 28.2. The number of imidazole rings is 1. The van der Waals surface area contributed by atoms with Crippen molar-refractivity contribution in [3.63, 3.8) is 0 Å². The molecule has 2 aromatic rings. The van der Waals surface area contributed by atoms with Crippen molar-refractivity contribution in [2.75, 3.05) is 31.9 Å². The summed E-state index contributed by atoms with van der Waals surface area (Å²) in [7, 11) is -3.82. The van der Waals surface area contributed by atoms with E-state index in [9.17, 15) is 9.46 Å². The standard InChI is InChI=1S/C28H52N5O5P.H3N/c1-3-4-5-6-7-8-9-10-11-12-13-14-15-18-36-19-16-17-20-38-39(34,35)24-37-25(2)21-33-23-32-26-27(29)30-22-31-28(26)33;/h22-23,25H,3-21,24H2,1-2H3,(H,34,35)(H2,29,30,31);1H3/t25-;/m1./s1. The van der Waals surface area contributed by atoms with Crippen molar-refractivity contribution in [2.45, 2.75) is 123 Å². The molecule has 0 amide bonds. The molecule has 40 heavy (non-hydrogen) atoms. The molecule has 6 N–H and O–H groups in total. The fourth-order valence-corrected chi connectivity index (χ4v) is 5.39. The zero-order valence-corrected chi connectivity index (χ0v) is 25.9. The van der Waals surface area contributed by atoms with Crippen LogP contribution < -0.4 is 11.9 Å². The summed E-state index contributed by atoms with van der Waals surface area (Å²) in [5.41, 5.74) is 6.92. The van der Waals surface area contributed by atoms with Crippen LogP contribution in [0.25, 0.3) is 11.2 Å². The minimum absolute atomic E-state index is 0. The van der Waals surface area contributed by atoms with Crippen molar-refractivity contribution in [2.24, 2.45) is 0 Å². The Morgan fingerprint density at radius 2 is 1.43 bits per heavy atom. The van der Waals surface area contributed by atoms with Gasteiger partial charge in [0.15, 0.2) is 11.5 Å². The molecule has 0 saturated carbocycles. The van der Waals surface area contributed by atoms with Gasteiger partial charge in [0.1, 0.15) is 18.2 Å². The number of nitrogens with two attached hydrogens (primary N) is 1. The molecule has 0 aliphatic rings. The molecule has 0 aliphatic heterocycles. The van der Waals surface area contributed by atoms with E-state index in [1.165, 1.54) is 83.4 Å². The Balaban J connectivity index is 0.00000800. The summed E-state index contributed by atoms with van der Waals surface area (Å²) in [6.07, 6.45) is 21.2. The molecule has 11 nitrogen and oxygen atoms in total. The number of ether oxygens (including phenoxy) is 2. The van der Waals surface area contributed by atoms with Gasteiger partial charge < -0.3 is 35.3 Å². The molecule has 1 unspecified atom stereocenters.